The second-order valence-corrected chi connectivity index (χ2v) is 6.00. The van der Waals surface area contributed by atoms with E-state index >= 15 is 0 Å². The summed E-state index contributed by atoms with van der Waals surface area (Å²) >= 11 is 0. The van der Waals surface area contributed by atoms with E-state index < -0.39 is 5.66 Å². The minimum Gasteiger partial charge on any atom is -0.370 e. The van der Waals surface area contributed by atoms with Crippen molar-refractivity contribution in [3.05, 3.63) is 29.2 Å². The van der Waals surface area contributed by atoms with Gasteiger partial charge in [0.25, 0.3) is 0 Å². The Morgan fingerprint density at radius 2 is 2.30 bits per heavy atom. The number of aryl methyl sites for hydroxylation is 1. The lowest BCUT2D eigenvalue weighted by atomic mass is 9.98. The van der Waals surface area contributed by atoms with Gasteiger partial charge in [0, 0.05) is 12.3 Å². The number of aliphatic imine (C=N–C) groups is 1. The van der Waals surface area contributed by atoms with E-state index in [1.807, 2.05) is 13.0 Å². The van der Waals surface area contributed by atoms with Gasteiger partial charge in [0.05, 0.1) is 11.8 Å². The molecule has 2 aliphatic heterocycles. The Hall–Kier alpha value is -2.39. The van der Waals surface area contributed by atoms with E-state index in [1.54, 1.807) is 10.9 Å². The summed E-state index contributed by atoms with van der Waals surface area (Å²) < 4.78 is 7.62. The molecule has 2 aliphatic rings. The van der Waals surface area contributed by atoms with Gasteiger partial charge in [-0.2, -0.15) is 10.2 Å². The Balaban J connectivity index is 1.80. The highest BCUT2D eigenvalue weighted by Gasteiger charge is 2.40. The molecular weight excluding hydrogens is 296 g/mol. The lowest BCUT2D eigenvalue weighted by molar-refractivity contribution is -0.0381. The van der Waals surface area contributed by atoms with E-state index in [1.165, 1.54) is 0 Å². The summed E-state index contributed by atoms with van der Waals surface area (Å²) in [6, 6.07) is 1.86. The molecule has 9 nitrogen and oxygen atoms in total. The number of aromatic nitrogens is 4. The standard InChI is InChI=1S/C14H20N8O/c1-8-6-10(21-20-8)14(16)9-7-17-22(11-4-2-3-5-23-11)12(9)18-13(15)19-14/h6-7,11H,2-5,16H2,1H3,(H,20,21)(H3,15,18,19). The highest BCUT2D eigenvalue weighted by atomic mass is 16.5. The van der Waals surface area contributed by atoms with Gasteiger partial charge >= 0.3 is 0 Å². The van der Waals surface area contributed by atoms with Crippen molar-refractivity contribution in [2.24, 2.45) is 16.5 Å². The summed E-state index contributed by atoms with van der Waals surface area (Å²) in [7, 11) is 0. The Morgan fingerprint density at radius 1 is 1.43 bits per heavy atom. The molecule has 4 heterocycles. The normalized spacial score (nSPS) is 27.2. The highest BCUT2D eigenvalue weighted by Crippen LogP contribution is 2.38. The Kier molecular flexibility index (Phi) is 3.13. The Morgan fingerprint density at radius 3 is 3.00 bits per heavy atom. The third-order valence-corrected chi connectivity index (χ3v) is 4.27. The first kappa shape index (κ1) is 14.2. The van der Waals surface area contributed by atoms with Gasteiger partial charge in [0.2, 0.25) is 0 Å². The summed E-state index contributed by atoms with van der Waals surface area (Å²) in [4.78, 5) is 4.38. The molecule has 6 N–H and O–H groups in total. The van der Waals surface area contributed by atoms with Crippen LogP contribution in [0.3, 0.4) is 0 Å². The molecule has 122 valence electrons. The maximum absolute atomic E-state index is 6.55. The van der Waals surface area contributed by atoms with Crippen molar-refractivity contribution in [2.45, 2.75) is 38.1 Å². The van der Waals surface area contributed by atoms with E-state index in [0.29, 0.717) is 11.5 Å². The number of nitrogens with one attached hydrogen (secondary N) is 2. The monoisotopic (exact) mass is 316 g/mol. The number of hydrogen-bond donors (Lipinski definition) is 4. The van der Waals surface area contributed by atoms with Crippen LogP contribution < -0.4 is 16.8 Å². The van der Waals surface area contributed by atoms with E-state index in [9.17, 15) is 0 Å². The summed E-state index contributed by atoms with van der Waals surface area (Å²) in [5.74, 6) is 0.950. The number of nitrogens with two attached hydrogens (primary N) is 2. The average Bonchev–Trinajstić information content (AvgIpc) is 3.15. The number of anilines is 1. The van der Waals surface area contributed by atoms with Crippen LogP contribution >= 0.6 is 0 Å². The predicted octanol–water partition coefficient (Wildman–Crippen LogP) is 0.514. The van der Waals surface area contributed by atoms with Gasteiger partial charge in [-0.05, 0) is 32.3 Å². The molecule has 0 amide bonds. The first-order chi connectivity index (χ1) is 11.1. The zero-order valence-corrected chi connectivity index (χ0v) is 12.9. The number of nitrogens with zero attached hydrogens (tertiary/aromatic N) is 4. The molecule has 1 fully saturated rings. The Bertz CT molecular complexity index is 757. The topological polar surface area (TPSA) is 132 Å². The van der Waals surface area contributed by atoms with Crippen molar-refractivity contribution >= 4 is 11.8 Å². The van der Waals surface area contributed by atoms with Crippen LogP contribution in [0.2, 0.25) is 0 Å². The van der Waals surface area contributed by atoms with E-state index in [-0.39, 0.29) is 12.2 Å². The molecule has 1 saturated heterocycles. The van der Waals surface area contributed by atoms with Gasteiger partial charge in [-0.1, -0.05) is 0 Å². The summed E-state index contributed by atoms with van der Waals surface area (Å²) in [6.07, 6.45) is 4.68. The second kappa shape index (κ2) is 5.07. The molecule has 0 spiro atoms. The first-order valence-corrected chi connectivity index (χ1v) is 7.71. The predicted molar refractivity (Wildman–Crippen MR) is 84.6 cm³/mol. The number of hydrogen-bond acceptors (Lipinski definition) is 7. The van der Waals surface area contributed by atoms with Crippen molar-refractivity contribution in [1.82, 2.24) is 20.0 Å². The fourth-order valence-corrected chi connectivity index (χ4v) is 3.11. The smallest absolute Gasteiger partial charge is 0.196 e. The molecule has 23 heavy (non-hydrogen) atoms. The molecule has 2 unspecified atom stereocenters. The maximum Gasteiger partial charge on any atom is 0.196 e. The van der Waals surface area contributed by atoms with Gasteiger partial charge in [-0.25, -0.2) is 9.67 Å². The third kappa shape index (κ3) is 2.20. The van der Waals surface area contributed by atoms with Crippen molar-refractivity contribution in [3.8, 4) is 0 Å². The number of guanidine groups is 1. The van der Waals surface area contributed by atoms with Crippen LogP contribution in [0.25, 0.3) is 0 Å². The fourth-order valence-electron chi connectivity index (χ4n) is 3.11. The molecule has 0 aliphatic carbocycles. The molecule has 2 atom stereocenters. The quantitative estimate of drug-likeness (QED) is 0.638. The number of fused-ring (bicyclic) bond motifs is 1. The van der Waals surface area contributed by atoms with Gasteiger partial charge in [0.15, 0.2) is 17.9 Å². The van der Waals surface area contributed by atoms with Crippen LogP contribution in [-0.2, 0) is 10.4 Å². The van der Waals surface area contributed by atoms with Crippen LogP contribution in [0, 0.1) is 6.92 Å². The molecule has 0 bridgehead atoms. The van der Waals surface area contributed by atoms with Crippen LogP contribution in [0.1, 0.15) is 42.4 Å². The fraction of sp³-hybridized carbons (Fsp3) is 0.500. The number of rotatable bonds is 2. The molecule has 0 saturated carbocycles. The molecular formula is C14H20N8O. The largest absolute Gasteiger partial charge is 0.370 e. The summed E-state index contributed by atoms with van der Waals surface area (Å²) in [5, 5.41) is 14.7. The lowest BCUT2D eigenvalue weighted by Gasteiger charge is -2.30. The second-order valence-electron chi connectivity index (χ2n) is 6.00. The number of H-pyrrole nitrogens is 1. The molecule has 9 heteroatoms. The lowest BCUT2D eigenvalue weighted by Crippen LogP contribution is -2.44. The van der Waals surface area contributed by atoms with E-state index in [4.69, 9.17) is 16.2 Å². The van der Waals surface area contributed by atoms with Crippen molar-refractivity contribution in [2.75, 3.05) is 11.9 Å². The highest BCUT2D eigenvalue weighted by molar-refractivity contribution is 5.95. The van der Waals surface area contributed by atoms with Crippen LogP contribution in [0.4, 0.5) is 5.82 Å². The number of aromatic amines is 1. The van der Waals surface area contributed by atoms with E-state index in [2.05, 4.69) is 25.6 Å². The minimum absolute atomic E-state index is 0.115. The summed E-state index contributed by atoms with van der Waals surface area (Å²) in [6.45, 7) is 2.64. The van der Waals surface area contributed by atoms with Crippen molar-refractivity contribution in [1.29, 1.82) is 0 Å². The zero-order chi connectivity index (χ0) is 16.0. The van der Waals surface area contributed by atoms with Crippen molar-refractivity contribution in [3.63, 3.8) is 0 Å². The maximum atomic E-state index is 6.55. The van der Waals surface area contributed by atoms with Crippen molar-refractivity contribution < 1.29 is 4.74 Å². The summed E-state index contributed by atoms with van der Waals surface area (Å²) in [5.41, 5.74) is 13.6. The van der Waals surface area contributed by atoms with Gasteiger partial charge in [-0.3, -0.25) is 10.8 Å². The molecule has 0 radical (unpaired) electrons. The molecule has 2 aromatic rings. The molecule has 4 rings (SSSR count). The van der Waals surface area contributed by atoms with Crippen LogP contribution in [0.5, 0.6) is 0 Å². The number of ether oxygens (including phenoxy) is 1. The Labute approximate surface area is 133 Å². The first-order valence-electron chi connectivity index (χ1n) is 7.71. The molecule has 0 aromatic carbocycles. The third-order valence-electron chi connectivity index (χ3n) is 4.27. The minimum atomic E-state index is -1.16. The molecule has 2 aromatic heterocycles. The SMILES string of the molecule is Cc1cc(C2(N)N=C(N)Nc3c2cnn3C2CCCCO2)n[nH]1. The zero-order valence-electron chi connectivity index (χ0n) is 12.9. The van der Waals surface area contributed by atoms with Gasteiger partial charge in [0.1, 0.15) is 11.5 Å². The van der Waals surface area contributed by atoms with Crippen LogP contribution in [0.15, 0.2) is 17.3 Å². The van der Waals surface area contributed by atoms with Gasteiger partial charge in [-0.15, -0.1) is 0 Å². The average molecular weight is 316 g/mol. The van der Waals surface area contributed by atoms with Crippen LogP contribution in [-0.4, -0.2) is 32.5 Å². The van der Waals surface area contributed by atoms with E-state index in [0.717, 1.165) is 37.1 Å². The van der Waals surface area contributed by atoms with Gasteiger partial charge < -0.3 is 15.8 Å².